The topological polar surface area (TPSA) is 66.7 Å². The molecular formula is C21H20N4O2. The lowest BCUT2D eigenvalue weighted by Crippen LogP contribution is -2.32. The van der Waals surface area contributed by atoms with Crippen molar-refractivity contribution in [3.05, 3.63) is 70.6 Å². The van der Waals surface area contributed by atoms with Gasteiger partial charge < -0.3 is 10.2 Å². The van der Waals surface area contributed by atoms with Crippen molar-refractivity contribution >= 4 is 33.2 Å². The van der Waals surface area contributed by atoms with Crippen molar-refractivity contribution in [1.29, 1.82) is 0 Å². The Morgan fingerprint density at radius 2 is 1.89 bits per heavy atom. The van der Waals surface area contributed by atoms with Crippen molar-refractivity contribution in [3.8, 4) is 0 Å². The van der Waals surface area contributed by atoms with Crippen LogP contribution in [0.3, 0.4) is 0 Å². The van der Waals surface area contributed by atoms with Crippen LogP contribution in [0.2, 0.25) is 0 Å². The molecule has 0 atom stereocenters. The standard InChI is InChI=1S/C21H20N4O2/c1-24(2)13-11-22-20(26)17-8-5-12-25-19(17)23-18-15-7-4-3-6-14(15)9-10-16(18)21(25)27/h3-10,12H,11,13H2,1-2H3,(H,22,26). The van der Waals surface area contributed by atoms with E-state index in [-0.39, 0.29) is 11.5 Å². The van der Waals surface area contributed by atoms with Gasteiger partial charge in [0.15, 0.2) is 5.65 Å². The van der Waals surface area contributed by atoms with E-state index in [1.807, 2.05) is 49.3 Å². The van der Waals surface area contributed by atoms with Crippen molar-refractivity contribution in [2.24, 2.45) is 0 Å². The molecule has 6 nitrogen and oxygen atoms in total. The summed E-state index contributed by atoms with van der Waals surface area (Å²) in [5.41, 5.74) is 1.20. The zero-order valence-electron chi connectivity index (χ0n) is 15.3. The van der Waals surface area contributed by atoms with Gasteiger partial charge in [-0.2, -0.15) is 0 Å². The van der Waals surface area contributed by atoms with Crippen LogP contribution in [0.1, 0.15) is 10.4 Å². The van der Waals surface area contributed by atoms with Crippen LogP contribution in [0, 0.1) is 0 Å². The van der Waals surface area contributed by atoms with Gasteiger partial charge >= 0.3 is 0 Å². The second-order valence-electron chi connectivity index (χ2n) is 6.77. The Hall–Kier alpha value is -3.25. The molecule has 1 N–H and O–H groups in total. The number of nitrogens with zero attached hydrogens (tertiary/aromatic N) is 3. The van der Waals surface area contributed by atoms with Gasteiger partial charge in [0.2, 0.25) is 0 Å². The number of carbonyl (C=O) groups excluding carboxylic acids is 1. The summed E-state index contributed by atoms with van der Waals surface area (Å²) in [6, 6.07) is 14.9. The highest BCUT2D eigenvalue weighted by atomic mass is 16.2. The monoisotopic (exact) mass is 360 g/mol. The van der Waals surface area contributed by atoms with E-state index in [0.717, 1.165) is 17.3 Å². The predicted octanol–water partition coefficient (Wildman–Crippen LogP) is 2.29. The van der Waals surface area contributed by atoms with Gasteiger partial charge in [0, 0.05) is 24.7 Å². The van der Waals surface area contributed by atoms with Crippen molar-refractivity contribution in [1.82, 2.24) is 19.6 Å². The van der Waals surface area contributed by atoms with Crippen LogP contribution in [-0.4, -0.2) is 47.4 Å². The summed E-state index contributed by atoms with van der Waals surface area (Å²) >= 11 is 0. The van der Waals surface area contributed by atoms with E-state index in [1.165, 1.54) is 4.40 Å². The molecule has 2 aromatic heterocycles. The Balaban J connectivity index is 1.92. The quantitative estimate of drug-likeness (QED) is 0.448. The van der Waals surface area contributed by atoms with E-state index in [4.69, 9.17) is 4.98 Å². The number of hydrogen-bond acceptors (Lipinski definition) is 4. The first kappa shape index (κ1) is 17.2. The zero-order chi connectivity index (χ0) is 19.0. The van der Waals surface area contributed by atoms with Crippen LogP contribution in [0.5, 0.6) is 0 Å². The first-order valence-corrected chi connectivity index (χ1v) is 8.82. The minimum Gasteiger partial charge on any atom is -0.351 e. The fourth-order valence-corrected chi connectivity index (χ4v) is 3.23. The van der Waals surface area contributed by atoms with Gasteiger partial charge in [-0.1, -0.05) is 30.3 Å². The third-order valence-electron chi connectivity index (χ3n) is 4.62. The molecule has 2 heterocycles. The summed E-state index contributed by atoms with van der Waals surface area (Å²) in [6.45, 7) is 1.26. The molecule has 0 bridgehead atoms. The lowest BCUT2D eigenvalue weighted by molar-refractivity contribution is 0.0952. The molecular weight excluding hydrogens is 340 g/mol. The molecule has 2 aromatic carbocycles. The summed E-state index contributed by atoms with van der Waals surface area (Å²) in [7, 11) is 3.89. The third-order valence-corrected chi connectivity index (χ3v) is 4.62. The molecule has 0 spiro atoms. The van der Waals surface area contributed by atoms with Crippen LogP contribution in [0.15, 0.2) is 59.5 Å². The third kappa shape index (κ3) is 3.04. The average Bonchev–Trinajstić information content (AvgIpc) is 2.67. The zero-order valence-corrected chi connectivity index (χ0v) is 15.3. The molecule has 0 aliphatic carbocycles. The summed E-state index contributed by atoms with van der Waals surface area (Å²) in [5.74, 6) is -0.235. The SMILES string of the molecule is CN(C)CCNC(=O)c1cccn2c(=O)c3ccc4ccccc4c3nc12. The number of benzene rings is 2. The number of fused-ring (bicyclic) bond motifs is 4. The Kier molecular flexibility index (Phi) is 4.33. The van der Waals surface area contributed by atoms with Gasteiger partial charge in [-0.05, 0) is 37.7 Å². The molecule has 136 valence electrons. The van der Waals surface area contributed by atoms with Crippen LogP contribution in [0.25, 0.3) is 27.3 Å². The maximum absolute atomic E-state index is 13.0. The number of aromatic nitrogens is 2. The maximum atomic E-state index is 13.0. The summed E-state index contributed by atoms with van der Waals surface area (Å²) in [5, 5.41) is 5.34. The molecule has 1 amide bonds. The number of likely N-dealkylation sites (N-methyl/N-ethyl adjacent to an activating group) is 1. The molecule has 0 radical (unpaired) electrons. The van der Waals surface area contributed by atoms with E-state index in [0.29, 0.717) is 28.7 Å². The average molecular weight is 360 g/mol. The van der Waals surface area contributed by atoms with Crippen LogP contribution >= 0.6 is 0 Å². The molecule has 6 heteroatoms. The van der Waals surface area contributed by atoms with Crippen molar-refractivity contribution in [3.63, 3.8) is 0 Å². The molecule has 0 fully saturated rings. The normalized spacial score (nSPS) is 11.5. The molecule has 4 rings (SSSR count). The highest BCUT2D eigenvalue weighted by molar-refractivity contribution is 6.07. The highest BCUT2D eigenvalue weighted by Gasteiger charge is 2.15. The van der Waals surface area contributed by atoms with Gasteiger partial charge in [-0.15, -0.1) is 0 Å². The van der Waals surface area contributed by atoms with E-state index in [9.17, 15) is 9.59 Å². The van der Waals surface area contributed by atoms with E-state index < -0.39 is 0 Å². The minimum atomic E-state index is -0.235. The Bertz CT molecular complexity index is 1230. The molecule has 4 aromatic rings. The number of pyridine rings is 1. The van der Waals surface area contributed by atoms with E-state index in [1.54, 1.807) is 24.4 Å². The van der Waals surface area contributed by atoms with Crippen LogP contribution in [0.4, 0.5) is 0 Å². The second kappa shape index (κ2) is 6.81. The van der Waals surface area contributed by atoms with E-state index in [2.05, 4.69) is 5.32 Å². The lowest BCUT2D eigenvalue weighted by atomic mass is 10.1. The number of carbonyl (C=O) groups is 1. The largest absolute Gasteiger partial charge is 0.351 e. The first-order chi connectivity index (χ1) is 13.1. The molecule has 0 aliphatic rings. The van der Waals surface area contributed by atoms with Gasteiger partial charge in [-0.3, -0.25) is 14.0 Å². The van der Waals surface area contributed by atoms with Gasteiger partial charge in [0.25, 0.3) is 11.5 Å². The van der Waals surface area contributed by atoms with Gasteiger partial charge in [0.1, 0.15) is 0 Å². The molecule has 0 saturated heterocycles. The number of amides is 1. The van der Waals surface area contributed by atoms with Gasteiger partial charge in [0.05, 0.1) is 16.5 Å². The highest BCUT2D eigenvalue weighted by Crippen LogP contribution is 2.22. The Morgan fingerprint density at radius 3 is 2.70 bits per heavy atom. The fraction of sp³-hybridized carbons (Fsp3) is 0.190. The maximum Gasteiger partial charge on any atom is 0.265 e. The van der Waals surface area contributed by atoms with Crippen molar-refractivity contribution < 1.29 is 4.79 Å². The molecule has 0 aliphatic heterocycles. The van der Waals surface area contributed by atoms with Crippen LogP contribution < -0.4 is 10.9 Å². The van der Waals surface area contributed by atoms with Crippen molar-refractivity contribution in [2.75, 3.05) is 27.2 Å². The minimum absolute atomic E-state index is 0.177. The number of rotatable bonds is 4. The van der Waals surface area contributed by atoms with Crippen LogP contribution in [-0.2, 0) is 0 Å². The second-order valence-corrected chi connectivity index (χ2v) is 6.77. The Labute approximate surface area is 156 Å². The fourth-order valence-electron chi connectivity index (χ4n) is 3.23. The number of nitrogens with one attached hydrogen (secondary N) is 1. The lowest BCUT2D eigenvalue weighted by Gasteiger charge is -2.12. The van der Waals surface area contributed by atoms with Crippen molar-refractivity contribution in [2.45, 2.75) is 0 Å². The molecule has 0 saturated carbocycles. The summed E-state index contributed by atoms with van der Waals surface area (Å²) in [6.07, 6.45) is 1.65. The smallest absolute Gasteiger partial charge is 0.265 e. The predicted molar refractivity (Wildman–Crippen MR) is 107 cm³/mol. The first-order valence-electron chi connectivity index (χ1n) is 8.82. The Morgan fingerprint density at radius 1 is 1.07 bits per heavy atom. The summed E-state index contributed by atoms with van der Waals surface area (Å²) in [4.78, 5) is 32.4. The van der Waals surface area contributed by atoms with E-state index >= 15 is 0 Å². The molecule has 27 heavy (non-hydrogen) atoms. The summed E-state index contributed by atoms with van der Waals surface area (Å²) < 4.78 is 1.44. The molecule has 0 unspecified atom stereocenters. The van der Waals surface area contributed by atoms with Gasteiger partial charge in [-0.25, -0.2) is 4.98 Å². The number of hydrogen-bond donors (Lipinski definition) is 1.